The van der Waals surface area contributed by atoms with E-state index in [0.29, 0.717) is 12.1 Å². The lowest BCUT2D eigenvalue weighted by Crippen LogP contribution is -2.33. The number of hydrogen-bond acceptors (Lipinski definition) is 1. The van der Waals surface area contributed by atoms with Crippen molar-refractivity contribution in [1.82, 2.24) is 5.32 Å². The third kappa shape index (κ3) is 2.85. The third-order valence-corrected chi connectivity index (χ3v) is 3.32. The van der Waals surface area contributed by atoms with Gasteiger partial charge in [-0.25, -0.2) is 0 Å². The van der Waals surface area contributed by atoms with Crippen LogP contribution in [0.4, 0.5) is 0 Å². The summed E-state index contributed by atoms with van der Waals surface area (Å²) in [4.78, 5) is 0. The van der Waals surface area contributed by atoms with Crippen LogP contribution in [0.1, 0.15) is 43.9 Å². The molecule has 1 aromatic carbocycles. The average Bonchev–Trinajstić information content (AvgIpc) is 2.63. The van der Waals surface area contributed by atoms with Gasteiger partial charge in [0.25, 0.3) is 0 Å². The molecule has 0 radical (unpaired) electrons. The highest BCUT2D eigenvalue weighted by Crippen LogP contribution is 2.23. The van der Waals surface area contributed by atoms with Crippen molar-refractivity contribution in [2.24, 2.45) is 0 Å². The number of aryl methyl sites for hydroxylation is 2. The highest BCUT2D eigenvalue weighted by atomic mass is 14.9. The van der Waals surface area contributed by atoms with E-state index >= 15 is 0 Å². The van der Waals surface area contributed by atoms with Crippen molar-refractivity contribution in [3.63, 3.8) is 0 Å². The minimum Gasteiger partial charge on any atom is -0.312 e. The van der Waals surface area contributed by atoms with Crippen molar-refractivity contribution in [2.75, 3.05) is 0 Å². The van der Waals surface area contributed by atoms with Gasteiger partial charge in [0.1, 0.15) is 0 Å². The van der Waals surface area contributed by atoms with E-state index in [1.54, 1.807) is 11.1 Å². The maximum absolute atomic E-state index is 3.56. The molecule has 1 unspecified atom stereocenters. The van der Waals surface area contributed by atoms with Crippen LogP contribution in [0.15, 0.2) is 18.2 Å². The van der Waals surface area contributed by atoms with Gasteiger partial charge in [0, 0.05) is 12.1 Å². The highest BCUT2D eigenvalue weighted by molar-refractivity contribution is 5.35. The molecule has 0 aliphatic heterocycles. The van der Waals surface area contributed by atoms with E-state index < -0.39 is 0 Å². The van der Waals surface area contributed by atoms with Gasteiger partial charge in [-0.3, -0.25) is 0 Å². The van der Waals surface area contributed by atoms with Gasteiger partial charge in [-0.05, 0) is 49.3 Å². The second kappa shape index (κ2) is 5.01. The summed E-state index contributed by atoms with van der Waals surface area (Å²) in [6.07, 6.45) is 5.06. The summed E-state index contributed by atoms with van der Waals surface area (Å²) >= 11 is 0. The van der Waals surface area contributed by atoms with Gasteiger partial charge >= 0.3 is 0 Å². The van der Waals surface area contributed by atoms with Gasteiger partial charge in [-0.15, -0.1) is 0 Å². The van der Waals surface area contributed by atoms with Crippen LogP contribution in [-0.4, -0.2) is 12.1 Å². The van der Waals surface area contributed by atoms with Gasteiger partial charge in [0.15, 0.2) is 0 Å². The number of nitrogens with one attached hydrogen (secondary N) is 1. The summed E-state index contributed by atoms with van der Waals surface area (Å²) in [6, 6.07) is 8.20. The second-order valence-corrected chi connectivity index (χ2v) is 5.38. The first-order valence-corrected chi connectivity index (χ1v) is 6.52. The molecule has 0 heterocycles. The minimum absolute atomic E-state index is 0.569. The van der Waals surface area contributed by atoms with Gasteiger partial charge in [0.05, 0.1) is 0 Å². The van der Waals surface area contributed by atoms with Gasteiger partial charge in [0.2, 0.25) is 0 Å². The zero-order valence-corrected chi connectivity index (χ0v) is 10.7. The molecule has 0 saturated carbocycles. The summed E-state index contributed by atoms with van der Waals surface area (Å²) in [6.45, 7) is 6.69. The Labute approximate surface area is 99.3 Å². The molecule has 1 aromatic rings. The van der Waals surface area contributed by atoms with Crippen molar-refractivity contribution in [1.29, 1.82) is 0 Å². The Kier molecular flexibility index (Phi) is 3.65. The van der Waals surface area contributed by atoms with Crippen LogP contribution in [0, 0.1) is 0 Å². The van der Waals surface area contributed by atoms with E-state index in [1.807, 2.05) is 0 Å². The summed E-state index contributed by atoms with van der Waals surface area (Å²) in [5, 5.41) is 3.56. The number of benzene rings is 1. The molecule has 1 heteroatoms. The van der Waals surface area contributed by atoms with Crippen LogP contribution < -0.4 is 5.32 Å². The maximum atomic E-state index is 3.56. The Hall–Kier alpha value is -0.820. The summed E-state index contributed by atoms with van der Waals surface area (Å²) in [7, 11) is 0. The van der Waals surface area contributed by atoms with Crippen LogP contribution in [0.3, 0.4) is 0 Å². The Morgan fingerprint density at radius 2 is 1.88 bits per heavy atom. The van der Waals surface area contributed by atoms with E-state index in [4.69, 9.17) is 0 Å². The third-order valence-electron chi connectivity index (χ3n) is 3.32. The van der Waals surface area contributed by atoms with Crippen LogP contribution >= 0.6 is 0 Å². The van der Waals surface area contributed by atoms with E-state index in [-0.39, 0.29) is 0 Å². The smallest absolute Gasteiger partial charge is 0.00815 e. The van der Waals surface area contributed by atoms with E-state index in [2.05, 4.69) is 44.3 Å². The van der Waals surface area contributed by atoms with Crippen LogP contribution in [-0.2, 0) is 19.3 Å². The van der Waals surface area contributed by atoms with Crippen molar-refractivity contribution in [3.05, 3.63) is 34.9 Å². The van der Waals surface area contributed by atoms with Crippen molar-refractivity contribution in [2.45, 2.75) is 58.5 Å². The molecule has 16 heavy (non-hydrogen) atoms. The molecule has 0 spiro atoms. The summed E-state index contributed by atoms with van der Waals surface area (Å²) in [5.41, 5.74) is 4.66. The predicted molar refractivity (Wildman–Crippen MR) is 69.9 cm³/mol. The normalized spacial score (nSPS) is 16.5. The Bertz CT molecular complexity index is 354. The molecule has 0 fully saturated rings. The number of hydrogen-bond donors (Lipinski definition) is 1. The molecule has 1 nitrogen and oxygen atoms in total. The molecule has 0 saturated heterocycles. The molecular formula is C15H23N. The average molecular weight is 217 g/mol. The Balaban J connectivity index is 1.99. The second-order valence-electron chi connectivity index (χ2n) is 5.38. The van der Waals surface area contributed by atoms with Crippen molar-refractivity contribution >= 4 is 0 Å². The summed E-state index contributed by atoms with van der Waals surface area (Å²) < 4.78 is 0. The van der Waals surface area contributed by atoms with E-state index in [9.17, 15) is 0 Å². The topological polar surface area (TPSA) is 12.0 Å². The maximum Gasteiger partial charge on any atom is 0.00815 e. The SMILES string of the molecule is CC(C)NC(C)Cc1ccc2c(c1)CCC2. The lowest BCUT2D eigenvalue weighted by atomic mass is 10.0. The summed E-state index contributed by atoms with van der Waals surface area (Å²) in [5.74, 6) is 0. The van der Waals surface area contributed by atoms with Gasteiger partial charge in [-0.1, -0.05) is 32.0 Å². The zero-order valence-electron chi connectivity index (χ0n) is 10.7. The quantitative estimate of drug-likeness (QED) is 0.817. The Morgan fingerprint density at radius 3 is 2.62 bits per heavy atom. The Morgan fingerprint density at radius 1 is 1.12 bits per heavy atom. The molecule has 0 amide bonds. The molecule has 0 aromatic heterocycles. The highest BCUT2D eigenvalue weighted by Gasteiger charge is 2.12. The molecule has 1 aliphatic carbocycles. The van der Waals surface area contributed by atoms with Crippen LogP contribution in [0.5, 0.6) is 0 Å². The van der Waals surface area contributed by atoms with Crippen molar-refractivity contribution < 1.29 is 0 Å². The van der Waals surface area contributed by atoms with Gasteiger partial charge in [-0.2, -0.15) is 0 Å². The molecule has 88 valence electrons. The molecule has 1 atom stereocenters. The monoisotopic (exact) mass is 217 g/mol. The largest absolute Gasteiger partial charge is 0.312 e. The van der Waals surface area contributed by atoms with E-state index in [0.717, 1.165) is 6.42 Å². The standard InChI is InChI=1S/C15H23N/c1-11(2)16-12(3)9-13-7-8-14-5-4-6-15(14)10-13/h7-8,10-12,16H,4-6,9H2,1-3H3. The van der Waals surface area contributed by atoms with Crippen LogP contribution in [0.25, 0.3) is 0 Å². The van der Waals surface area contributed by atoms with Crippen LogP contribution in [0.2, 0.25) is 0 Å². The fourth-order valence-corrected chi connectivity index (χ4v) is 2.73. The molecule has 1 aliphatic rings. The minimum atomic E-state index is 0.569. The lowest BCUT2D eigenvalue weighted by molar-refractivity contribution is 0.487. The molecule has 1 N–H and O–H groups in total. The van der Waals surface area contributed by atoms with E-state index in [1.165, 1.54) is 24.8 Å². The lowest BCUT2D eigenvalue weighted by Gasteiger charge is -2.17. The number of rotatable bonds is 4. The fraction of sp³-hybridized carbons (Fsp3) is 0.600. The molecular weight excluding hydrogens is 194 g/mol. The number of fused-ring (bicyclic) bond motifs is 1. The first-order valence-electron chi connectivity index (χ1n) is 6.52. The zero-order chi connectivity index (χ0) is 11.5. The first-order chi connectivity index (χ1) is 7.65. The first kappa shape index (κ1) is 11.7. The fourth-order valence-electron chi connectivity index (χ4n) is 2.73. The predicted octanol–water partition coefficient (Wildman–Crippen LogP) is 3.10. The van der Waals surface area contributed by atoms with Gasteiger partial charge < -0.3 is 5.32 Å². The molecule has 2 rings (SSSR count). The van der Waals surface area contributed by atoms with Crippen molar-refractivity contribution in [3.8, 4) is 0 Å². The molecule has 0 bridgehead atoms.